The molecule has 7 nitrogen and oxygen atoms in total. The Hall–Kier alpha value is -1.73. The summed E-state index contributed by atoms with van der Waals surface area (Å²) in [7, 11) is 0. The van der Waals surface area contributed by atoms with Gasteiger partial charge in [-0.15, -0.1) is 11.6 Å². The van der Waals surface area contributed by atoms with Gasteiger partial charge < -0.3 is 5.73 Å². The van der Waals surface area contributed by atoms with E-state index in [1.165, 1.54) is 18.8 Å². The van der Waals surface area contributed by atoms with E-state index in [1.54, 1.807) is 10.7 Å². The van der Waals surface area contributed by atoms with E-state index in [-0.39, 0.29) is 11.6 Å². The van der Waals surface area contributed by atoms with Crippen molar-refractivity contribution in [2.45, 2.75) is 13.0 Å². The summed E-state index contributed by atoms with van der Waals surface area (Å²) in [5.41, 5.74) is 3.61. The lowest BCUT2D eigenvalue weighted by Gasteiger charge is -2.04. The molecule has 0 bridgehead atoms. The number of aromatic nitrogens is 5. The predicted octanol–water partition coefficient (Wildman–Crippen LogP) is -0.491. The zero-order chi connectivity index (χ0) is 12.8. The first kappa shape index (κ1) is 13.3. The maximum atomic E-state index is 10.8. The summed E-state index contributed by atoms with van der Waals surface area (Å²) in [5, 5.41) is 10.2. The first-order valence-electron chi connectivity index (χ1n) is 4.85. The van der Waals surface area contributed by atoms with E-state index in [1.807, 2.05) is 6.92 Å². The molecule has 1 atom stereocenters. The van der Waals surface area contributed by atoms with Crippen LogP contribution in [0.15, 0.2) is 23.3 Å². The number of nitrogens with one attached hydrogen (secondary N) is 1. The molecule has 2 aromatic heterocycles. The van der Waals surface area contributed by atoms with Crippen molar-refractivity contribution in [2.75, 3.05) is 6.38 Å². The molecule has 4 N–H and O–H groups in total. The Morgan fingerprint density at radius 1 is 1.47 bits per heavy atom. The fourth-order valence-corrected chi connectivity index (χ4v) is 1.22. The molecule has 0 aliphatic rings. The highest BCUT2D eigenvalue weighted by molar-refractivity contribution is 6.15. The van der Waals surface area contributed by atoms with E-state index >= 15 is 0 Å². The average Bonchev–Trinajstić information content (AvgIpc) is 2.82. The van der Waals surface area contributed by atoms with Gasteiger partial charge in [-0.2, -0.15) is 14.9 Å². The first-order chi connectivity index (χ1) is 8.18. The lowest BCUT2D eigenvalue weighted by Crippen LogP contribution is -2.52. The van der Waals surface area contributed by atoms with Crippen molar-refractivity contribution in [2.24, 2.45) is 0 Å². The van der Waals surface area contributed by atoms with E-state index in [9.17, 15) is 4.79 Å². The minimum atomic E-state index is -0.247. The van der Waals surface area contributed by atoms with Crippen molar-refractivity contribution >= 4 is 11.6 Å². The molecule has 0 fully saturated rings. The van der Waals surface area contributed by atoms with Crippen molar-refractivity contribution < 1.29 is 5.73 Å². The molecular weight excluding hydrogens is 244 g/mol. The molecule has 92 valence electrons. The largest absolute Gasteiger partial charge is 0.349 e. The quantitative estimate of drug-likeness (QED) is 0.708. The highest BCUT2D eigenvalue weighted by Gasteiger charge is 2.13. The Morgan fingerprint density at radius 2 is 2.18 bits per heavy atom. The van der Waals surface area contributed by atoms with Crippen LogP contribution in [0.4, 0.5) is 0 Å². The van der Waals surface area contributed by atoms with Crippen molar-refractivity contribution in [1.82, 2.24) is 25.0 Å². The zero-order valence-corrected chi connectivity index (χ0v) is 10.3. The number of halogens is 1. The summed E-state index contributed by atoms with van der Waals surface area (Å²) < 4.78 is 1.55. The van der Waals surface area contributed by atoms with Crippen LogP contribution in [0.5, 0.6) is 0 Å². The van der Waals surface area contributed by atoms with Crippen LogP contribution in [-0.4, -0.2) is 31.3 Å². The summed E-state index contributed by atoms with van der Waals surface area (Å²) in [6, 6.07) is 2.97. The highest BCUT2D eigenvalue weighted by Crippen LogP contribution is 2.07. The fraction of sp³-hybridized carbons (Fsp3) is 0.333. The van der Waals surface area contributed by atoms with Crippen molar-refractivity contribution in [1.29, 1.82) is 0 Å². The van der Waals surface area contributed by atoms with Gasteiger partial charge in [-0.05, 0) is 13.0 Å². The number of nitrogens with zero attached hydrogens (tertiary/aromatic N) is 4. The number of aromatic amines is 1. The highest BCUT2D eigenvalue weighted by atomic mass is 35.5. The van der Waals surface area contributed by atoms with Crippen LogP contribution in [0.3, 0.4) is 0 Å². The molecule has 0 aromatic carbocycles. The van der Waals surface area contributed by atoms with Gasteiger partial charge in [-0.25, -0.2) is 10.1 Å². The van der Waals surface area contributed by atoms with E-state index in [0.29, 0.717) is 11.6 Å². The lowest BCUT2D eigenvalue weighted by molar-refractivity contribution is -0.422. The number of alkyl halides is 1. The minimum absolute atomic E-state index is 0.00114. The molecule has 0 saturated heterocycles. The molecule has 0 aliphatic carbocycles. The van der Waals surface area contributed by atoms with Gasteiger partial charge >= 0.3 is 0 Å². The third-order valence-corrected chi connectivity index (χ3v) is 1.90. The second-order valence-corrected chi connectivity index (χ2v) is 3.21. The summed E-state index contributed by atoms with van der Waals surface area (Å²) in [5.74, 6) is 1.23. The number of H-pyrrole nitrogens is 1. The van der Waals surface area contributed by atoms with Crippen LogP contribution in [-0.2, 0) is 0 Å². The van der Waals surface area contributed by atoms with Crippen LogP contribution in [0.2, 0.25) is 0 Å². The molecular formula is C9H14ClN6O+. The Balaban J connectivity index is 0.000000686. The number of rotatable bonds is 2. The van der Waals surface area contributed by atoms with Gasteiger partial charge in [0.15, 0.2) is 11.6 Å². The van der Waals surface area contributed by atoms with Gasteiger partial charge in [0, 0.05) is 12.4 Å². The van der Waals surface area contributed by atoms with Crippen LogP contribution in [0, 0.1) is 0 Å². The van der Waals surface area contributed by atoms with E-state index < -0.39 is 0 Å². The first-order valence-corrected chi connectivity index (χ1v) is 5.61. The Morgan fingerprint density at radius 3 is 2.71 bits per heavy atom. The lowest BCUT2D eigenvalue weighted by atomic mass is 10.3. The summed E-state index contributed by atoms with van der Waals surface area (Å²) >= 11 is 4.64. The van der Waals surface area contributed by atoms with Gasteiger partial charge in [0.2, 0.25) is 0 Å². The van der Waals surface area contributed by atoms with Crippen LogP contribution in [0.25, 0.3) is 5.82 Å². The fourth-order valence-electron chi connectivity index (χ4n) is 1.22. The molecule has 2 aromatic rings. The normalized spacial score (nSPS) is 11.5. The van der Waals surface area contributed by atoms with E-state index in [0.717, 1.165) is 0 Å². The summed E-state index contributed by atoms with van der Waals surface area (Å²) in [4.78, 5) is 14.9. The molecule has 0 spiro atoms. The summed E-state index contributed by atoms with van der Waals surface area (Å²) in [6.45, 7) is 1.91. The molecule has 2 heterocycles. The number of hydrogen-bond donors (Lipinski definition) is 2. The molecule has 0 amide bonds. The topological polar surface area (TPSA) is 104 Å². The predicted molar refractivity (Wildman–Crippen MR) is 62.9 cm³/mol. The molecule has 8 heteroatoms. The second kappa shape index (κ2) is 6.12. The maximum absolute atomic E-state index is 10.8. The van der Waals surface area contributed by atoms with Crippen molar-refractivity contribution in [3.63, 3.8) is 0 Å². The molecule has 0 saturated carbocycles. The third kappa shape index (κ3) is 3.11. The van der Waals surface area contributed by atoms with Gasteiger partial charge in [0.05, 0.1) is 0 Å². The van der Waals surface area contributed by atoms with Gasteiger partial charge in [0.1, 0.15) is 12.4 Å². The van der Waals surface area contributed by atoms with Crippen LogP contribution >= 0.6 is 11.6 Å². The smallest absolute Gasteiger partial charge is 0.264 e. The zero-order valence-electron chi connectivity index (χ0n) is 9.59. The van der Waals surface area contributed by atoms with Crippen molar-refractivity contribution in [3.05, 3.63) is 34.6 Å². The van der Waals surface area contributed by atoms with E-state index in [4.69, 9.17) is 0 Å². The van der Waals surface area contributed by atoms with Gasteiger partial charge in [-0.3, -0.25) is 4.79 Å². The Kier molecular flexibility index (Phi) is 4.80. The van der Waals surface area contributed by atoms with Crippen molar-refractivity contribution in [3.8, 4) is 5.82 Å². The molecule has 0 aliphatic heterocycles. The molecule has 2 rings (SSSR count). The second-order valence-electron chi connectivity index (χ2n) is 3.21. The summed E-state index contributed by atoms with van der Waals surface area (Å²) in [6.07, 6.45) is 2.91. The minimum Gasteiger partial charge on any atom is -0.349 e. The van der Waals surface area contributed by atoms with Gasteiger partial charge in [0.25, 0.3) is 5.56 Å². The van der Waals surface area contributed by atoms with Crippen LogP contribution in [0.1, 0.15) is 18.8 Å². The van der Waals surface area contributed by atoms with Gasteiger partial charge in [-0.1, -0.05) is 0 Å². The third-order valence-electron chi connectivity index (χ3n) is 1.90. The number of quaternary nitrogens is 1. The SMILES string of the molecule is CC([NH3+])c1ncnn1-c1ccc(=O)[nH]n1.CCl. The Labute approximate surface area is 103 Å². The van der Waals surface area contributed by atoms with E-state index in [2.05, 4.69) is 37.6 Å². The Bertz CT molecular complexity index is 500. The number of hydrogen-bond acceptors (Lipinski definition) is 4. The maximum Gasteiger partial charge on any atom is 0.264 e. The molecule has 17 heavy (non-hydrogen) atoms. The standard InChI is InChI=1S/C8H10N6O.CH3Cl/c1-5(9)8-10-4-11-14(8)6-2-3-7(15)13-12-6;1-2/h2-5H,9H2,1H3,(H,13,15);1H3/p+1. The monoisotopic (exact) mass is 257 g/mol. The van der Waals surface area contributed by atoms with Crippen LogP contribution < -0.4 is 11.3 Å². The molecule has 0 radical (unpaired) electrons. The average molecular weight is 258 g/mol. The molecule has 1 unspecified atom stereocenters.